The molecule has 0 saturated carbocycles. The van der Waals surface area contributed by atoms with Gasteiger partial charge in [-0.3, -0.25) is 4.79 Å². The number of hydrogen-bond acceptors (Lipinski definition) is 3. The highest BCUT2D eigenvalue weighted by Gasteiger charge is 2.05. The van der Waals surface area contributed by atoms with Crippen molar-refractivity contribution in [3.8, 4) is 0 Å². The average Bonchev–Trinajstić information content (AvgIpc) is 2.36. The van der Waals surface area contributed by atoms with Gasteiger partial charge in [0, 0.05) is 11.4 Å². The first kappa shape index (κ1) is 18.1. The van der Waals surface area contributed by atoms with E-state index in [-0.39, 0.29) is 24.1 Å². The molecule has 1 amide bonds. The van der Waals surface area contributed by atoms with Gasteiger partial charge in [0.15, 0.2) is 11.6 Å². The Morgan fingerprint density at radius 3 is 2.63 bits per heavy atom. The van der Waals surface area contributed by atoms with E-state index in [0.29, 0.717) is 18.0 Å². The quantitative estimate of drug-likeness (QED) is 0.600. The Morgan fingerprint density at radius 1 is 1.26 bits per heavy atom. The van der Waals surface area contributed by atoms with Crippen LogP contribution < -0.4 is 11.1 Å². The number of carbonyl (C=O) groups excluding carboxylic acids is 1. The van der Waals surface area contributed by atoms with E-state index in [4.69, 9.17) is 5.73 Å². The minimum Gasteiger partial charge on any atom is -0.355 e. The lowest BCUT2D eigenvalue weighted by Crippen LogP contribution is -2.26. The van der Waals surface area contributed by atoms with Gasteiger partial charge in [-0.1, -0.05) is 0 Å². The molecule has 0 fully saturated rings. The van der Waals surface area contributed by atoms with Crippen molar-refractivity contribution in [2.75, 3.05) is 18.8 Å². The number of amides is 1. The molecule has 0 aliphatic carbocycles. The molecular formula is C12H17ClF2N2OS. The molecule has 0 aromatic heterocycles. The fourth-order valence-electron chi connectivity index (χ4n) is 1.26. The molecule has 0 bridgehead atoms. The molecule has 1 aromatic carbocycles. The molecule has 0 unspecified atom stereocenters. The van der Waals surface area contributed by atoms with E-state index < -0.39 is 11.6 Å². The Labute approximate surface area is 121 Å². The van der Waals surface area contributed by atoms with Crippen LogP contribution in [0.4, 0.5) is 8.78 Å². The third-order valence-corrected chi connectivity index (χ3v) is 3.21. The zero-order valence-corrected chi connectivity index (χ0v) is 12.0. The van der Waals surface area contributed by atoms with Gasteiger partial charge in [0.1, 0.15) is 0 Å². The van der Waals surface area contributed by atoms with Crippen LogP contribution in [0, 0.1) is 11.6 Å². The van der Waals surface area contributed by atoms with Gasteiger partial charge in [-0.2, -0.15) is 0 Å². The minimum atomic E-state index is -0.900. The Kier molecular flexibility index (Phi) is 9.55. The van der Waals surface area contributed by atoms with E-state index >= 15 is 0 Å². The molecule has 1 rings (SSSR count). The van der Waals surface area contributed by atoms with Gasteiger partial charge in [0.05, 0.1) is 5.75 Å². The van der Waals surface area contributed by atoms with Gasteiger partial charge in [-0.15, -0.1) is 24.2 Å². The number of nitrogens with one attached hydrogen (secondary N) is 1. The number of carbonyl (C=O) groups is 1. The zero-order valence-electron chi connectivity index (χ0n) is 10.3. The van der Waals surface area contributed by atoms with E-state index in [0.717, 1.165) is 25.0 Å². The summed E-state index contributed by atoms with van der Waals surface area (Å²) in [5.74, 6) is -1.72. The van der Waals surface area contributed by atoms with Crippen LogP contribution in [0.5, 0.6) is 0 Å². The summed E-state index contributed by atoms with van der Waals surface area (Å²) in [6.07, 6.45) is 1.72. The Morgan fingerprint density at radius 2 is 2.00 bits per heavy atom. The second-order valence-electron chi connectivity index (χ2n) is 3.71. The largest absolute Gasteiger partial charge is 0.355 e. The molecule has 0 spiro atoms. The first-order chi connectivity index (χ1) is 8.63. The number of halogens is 3. The predicted molar refractivity (Wildman–Crippen MR) is 75.6 cm³/mol. The number of unbranched alkanes of at least 4 members (excludes halogenated alkanes) is 1. The van der Waals surface area contributed by atoms with Crippen molar-refractivity contribution >= 4 is 30.1 Å². The standard InChI is InChI=1S/C12H16F2N2OS.ClH/c13-10-4-3-9(7-11(10)14)18-8-12(17)16-6-2-1-5-15;/h3-4,7H,1-2,5-6,8,15H2,(H,16,17);1H. The predicted octanol–water partition coefficient (Wildman–Crippen LogP) is 2.33. The number of hydrogen-bond donors (Lipinski definition) is 2. The van der Waals surface area contributed by atoms with E-state index in [1.807, 2.05) is 0 Å². The molecule has 7 heteroatoms. The van der Waals surface area contributed by atoms with Gasteiger partial charge in [0.2, 0.25) is 5.91 Å². The molecule has 0 atom stereocenters. The van der Waals surface area contributed by atoms with Crippen molar-refractivity contribution in [1.29, 1.82) is 0 Å². The van der Waals surface area contributed by atoms with Crippen LogP contribution >= 0.6 is 24.2 Å². The highest BCUT2D eigenvalue weighted by molar-refractivity contribution is 8.00. The van der Waals surface area contributed by atoms with E-state index in [2.05, 4.69) is 5.32 Å². The first-order valence-corrected chi connectivity index (χ1v) is 6.66. The zero-order chi connectivity index (χ0) is 13.4. The summed E-state index contributed by atoms with van der Waals surface area (Å²) in [4.78, 5) is 11.9. The van der Waals surface area contributed by atoms with Crippen LogP contribution in [0.3, 0.4) is 0 Å². The summed E-state index contributed by atoms with van der Waals surface area (Å²) in [6, 6.07) is 3.59. The van der Waals surface area contributed by atoms with Gasteiger partial charge in [-0.25, -0.2) is 8.78 Å². The second-order valence-corrected chi connectivity index (χ2v) is 4.76. The normalized spacial score (nSPS) is 9.84. The summed E-state index contributed by atoms with van der Waals surface area (Å²) in [5, 5.41) is 2.73. The SMILES string of the molecule is Cl.NCCCCNC(=O)CSc1ccc(F)c(F)c1. The lowest BCUT2D eigenvalue weighted by Gasteiger charge is -2.05. The number of nitrogens with two attached hydrogens (primary N) is 1. The van der Waals surface area contributed by atoms with Crippen LogP contribution in [0.25, 0.3) is 0 Å². The van der Waals surface area contributed by atoms with Crippen LogP contribution in [-0.4, -0.2) is 24.7 Å². The number of rotatable bonds is 7. The van der Waals surface area contributed by atoms with Crippen molar-refractivity contribution in [2.24, 2.45) is 5.73 Å². The topological polar surface area (TPSA) is 55.1 Å². The smallest absolute Gasteiger partial charge is 0.230 e. The lowest BCUT2D eigenvalue weighted by atomic mass is 10.3. The van der Waals surface area contributed by atoms with Crippen molar-refractivity contribution in [3.05, 3.63) is 29.8 Å². The first-order valence-electron chi connectivity index (χ1n) is 5.68. The fraction of sp³-hybridized carbons (Fsp3) is 0.417. The maximum atomic E-state index is 12.9. The van der Waals surface area contributed by atoms with Crippen LogP contribution in [0.1, 0.15) is 12.8 Å². The Hall–Kier alpha value is -0.850. The van der Waals surface area contributed by atoms with Gasteiger partial charge in [0.25, 0.3) is 0 Å². The van der Waals surface area contributed by atoms with E-state index in [1.165, 1.54) is 17.8 Å². The molecule has 0 radical (unpaired) electrons. The maximum absolute atomic E-state index is 12.9. The summed E-state index contributed by atoms with van der Waals surface area (Å²) >= 11 is 1.17. The number of benzene rings is 1. The third-order valence-electron chi connectivity index (χ3n) is 2.21. The average molecular weight is 311 g/mol. The number of thioether (sulfide) groups is 1. The summed E-state index contributed by atoms with van der Waals surface area (Å²) in [7, 11) is 0. The van der Waals surface area contributed by atoms with Crippen molar-refractivity contribution < 1.29 is 13.6 Å². The summed E-state index contributed by atoms with van der Waals surface area (Å²) in [5.41, 5.74) is 5.32. The van der Waals surface area contributed by atoms with Gasteiger partial charge >= 0.3 is 0 Å². The Balaban J connectivity index is 0.00000324. The highest BCUT2D eigenvalue weighted by atomic mass is 35.5. The molecule has 108 valence electrons. The minimum absolute atomic E-state index is 0. The summed E-state index contributed by atoms with van der Waals surface area (Å²) in [6.45, 7) is 1.20. The molecule has 3 nitrogen and oxygen atoms in total. The molecule has 0 aliphatic heterocycles. The molecule has 19 heavy (non-hydrogen) atoms. The van der Waals surface area contributed by atoms with Crippen LogP contribution in [0.15, 0.2) is 23.1 Å². The van der Waals surface area contributed by atoms with Crippen molar-refractivity contribution in [2.45, 2.75) is 17.7 Å². The lowest BCUT2D eigenvalue weighted by molar-refractivity contribution is -0.118. The highest BCUT2D eigenvalue weighted by Crippen LogP contribution is 2.19. The maximum Gasteiger partial charge on any atom is 0.230 e. The van der Waals surface area contributed by atoms with E-state index in [1.54, 1.807) is 0 Å². The molecule has 0 aliphatic rings. The molecule has 3 N–H and O–H groups in total. The molecular weight excluding hydrogens is 294 g/mol. The second kappa shape index (κ2) is 10.00. The Bertz CT molecular complexity index is 407. The van der Waals surface area contributed by atoms with Gasteiger partial charge < -0.3 is 11.1 Å². The molecule has 0 heterocycles. The summed E-state index contributed by atoms with van der Waals surface area (Å²) < 4.78 is 25.6. The fourth-order valence-corrected chi connectivity index (χ4v) is 2.01. The third kappa shape index (κ3) is 7.34. The monoisotopic (exact) mass is 310 g/mol. The van der Waals surface area contributed by atoms with Crippen molar-refractivity contribution in [3.63, 3.8) is 0 Å². The molecule has 0 saturated heterocycles. The van der Waals surface area contributed by atoms with Crippen LogP contribution in [0.2, 0.25) is 0 Å². The van der Waals surface area contributed by atoms with Crippen LogP contribution in [-0.2, 0) is 4.79 Å². The van der Waals surface area contributed by atoms with Crippen molar-refractivity contribution in [1.82, 2.24) is 5.32 Å². The van der Waals surface area contributed by atoms with Gasteiger partial charge in [-0.05, 0) is 37.6 Å². The van der Waals surface area contributed by atoms with E-state index in [9.17, 15) is 13.6 Å². The molecule has 1 aromatic rings.